The third-order valence-corrected chi connectivity index (χ3v) is 4.31. The number of rotatable bonds is 7. The Bertz CT molecular complexity index is 538. The van der Waals surface area contributed by atoms with Gasteiger partial charge in [0.1, 0.15) is 0 Å². The van der Waals surface area contributed by atoms with Gasteiger partial charge in [-0.25, -0.2) is 17.5 Å². The molecule has 0 aromatic heterocycles. The molecule has 0 heterocycles. The highest BCUT2D eigenvalue weighted by Gasteiger charge is 2.20. The lowest BCUT2D eigenvalue weighted by atomic mass is 10.2. The first kappa shape index (κ1) is 19.1. The molecule has 1 aromatic carbocycles. The highest BCUT2D eigenvalue weighted by atomic mass is 35.5. The van der Waals surface area contributed by atoms with E-state index in [0.717, 1.165) is 0 Å². The molecule has 0 saturated carbocycles. The van der Waals surface area contributed by atoms with Crippen LogP contribution in [0.1, 0.15) is 12.0 Å². The lowest BCUT2D eigenvalue weighted by Crippen LogP contribution is -2.27. The normalized spacial score (nSPS) is 11.0. The summed E-state index contributed by atoms with van der Waals surface area (Å²) in [5.74, 6) is -0.618. The van der Waals surface area contributed by atoms with Gasteiger partial charge in [0.2, 0.25) is 10.0 Å². The van der Waals surface area contributed by atoms with Crippen molar-refractivity contribution in [3.8, 4) is 5.75 Å². The zero-order valence-corrected chi connectivity index (χ0v) is 13.3. The van der Waals surface area contributed by atoms with Crippen LogP contribution in [-0.4, -0.2) is 35.7 Å². The van der Waals surface area contributed by atoms with E-state index in [1.807, 2.05) is 0 Å². The summed E-state index contributed by atoms with van der Waals surface area (Å²) in [6, 6.07) is 2.65. The predicted octanol–water partition coefficient (Wildman–Crippen LogP) is 1.45. The largest absolute Gasteiger partial charge is 0.494 e. The molecule has 0 fully saturated rings. The first-order valence-corrected chi connectivity index (χ1v) is 7.39. The Morgan fingerprint density at radius 2 is 1.95 bits per heavy atom. The van der Waals surface area contributed by atoms with Crippen LogP contribution in [0.4, 0.5) is 4.39 Å². The van der Waals surface area contributed by atoms with Crippen LogP contribution in [0.25, 0.3) is 0 Å². The van der Waals surface area contributed by atoms with E-state index in [-0.39, 0.29) is 28.6 Å². The van der Waals surface area contributed by atoms with Crippen LogP contribution < -0.4 is 14.8 Å². The monoisotopic (exact) mass is 326 g/mol. The quantitative estimate of drug-likeness (QED) is 0.744. The minimum atomic E-state index is -3.69. The molecule has 0 aliphatic rings. The van der Waals surface area contributed by atoms with Crippen LogP contribution in [0, 0.1) is 12.7 Å². The van der Waals surface area contributed by atoms with Crippen molar-refractivity contribution in [2.45, 2.75) is 18.2 Å². The summed E-state index contributed by atoms with van der Waals surface area (Å²) in [5, 5.41) is 2.92. The molecule has 0 unspecified atom stereocenters. The molecule has 0 radical (unpaired) electrons. The standard InChI is InChI=1S/C12H19FN2O3S.ClH/c1-9-11(6-5-10(18-3)12(9)13)19(16,17)15-8-4-7-14-2;/h5-6,14-15H,4,7-8H2,1-3H3;1H. The lowest BCUT2D eigenvalue weighted by molar-refractivity contribution is 0.384. The van der Waals surface area contributed by atoms with Crippen LogP contribution >= 0.6 is 12.4 Å². The fourth-order valence-electron chi connectivity index (χ4n) is 1.64. The molecule has 1 aromatic rings. The van der Waals surface area contributed by atoms with Gasteiger partial charge >= 0.3 is 0 Å². The number of benzene rings is 1. The molecule has 1 rings (SSSR count). The molecule has 20 heavy (non-hydrogen) atoms. The number of ether oxygens (including phenoxy) is 1. The number of nitrogens with one attached hydrogen (secondary N) is 2. The third-order valence-electron chi connectivity index (χ3n) is 2.71. The van der Waals surface area contributed by atoms with E-state index in [9.17, 15) is 12.8 Å². The van der Waals surface area contributed by atoms with Crippen molar-refractivity contribution < 1.29 is 17.5 Å². The van der Waals surface area contributed by atoms with Gasteiger partial charge in [-0.2, -0.15) is 0 Å². The van der Waals surface area contributed by atoms with E-state index in [0.29, 0.717) is 19.5 Å². The maximum atomic E-state index is 13.8. The number of methoxy groups -OCH3 is 1. The van der Waals surface area contributed by atoms with Crippen molar-refractivity contribution in [2.24, 2.45) is 0 Å². The Kier molecular flexibility index (Phi) is 8.03. The van der Waals surface area contributed by atoms with Gasteiger partial charge in [-0.15, -0.1) is 12.4 Å². The molecular weight excluding hydrogens is 307 g/mol. The third kappa shape index (κ3) is 4.59. The van der Waals surface area contributed by atoms with E-state index >= 15 is 0 Å². The maximum Gasteiger partial charge on any atom is 0.240 e. The first-order chi connectivity index (χ1) is 8.94. The molecule has 5 nitrogen and oxygen atoms in total. The summed E-state index contributed by atoms with van der Waals surface area (Å²) in [6.07, 6.45) is 0.660. The summed E-state index contributed by atoms with van der Waals surface area (Å²) < 4.78 is 45.1. The Morgan fingerprint density at radius 3 is 2.50 bits per heavy atom. The van der Waals surface area contributed by atoms with E-state index in [1.165, 1.54) is 26.2 Å². The fraction of sp³-hybridized carbons (Fsp3) is 0.500. The highest BCUT2D eigenvalue weighted by Crippen LogP contribution is 2.25. The number of hydrogen-bond acceptors (Lipinski definition) is 4. The van der Waals surface area contributed by atoms with Gasteiger partial charge in [0.15, 0.2) is 11.6 Å². The van der Waals surface area contributed by atoms with Crippen molar-refractivity contribution in [3.63, 3.8) is 0 Å². The Hall–Kier alpha value is -0.890. The maximum absolute atomic E-state index is 13.8. The molecule has 0 saturated heterocycles. The van der Waals surface area contributed by atoms with Crippen molar-refractivity contribution in [1.82, 2.24) is 10.0 Å². The Labute approximate surface area is 125 Å². The molecule has 0 aliphatic carbocycles. The van der Waals surface area contributed by atoms with E-state index in [2.05, 4.69) is 10.0 Å². The summed E-state index contributed by atoms with van der Waals surface area (Å²) in [7, 11) is -0.568. The van der Waals surface area contributed by atoms with Gasteiger partial charge in [0.25, 0.3) is 0 Å². The summed E-state index contributed by atoms with van der Waals surface area (Å²) in [6.45, 7) is 2.43. The van der Waals surface area contributed by atoms with Crippen molar-refractivity contribution in [2.75, 3.05) is 27.2 Å². The number of hydrogen-bond donors (Lipinski definition) is 2. The number of halogens is 2. The van der Waals surface area contributed by atoms with Crippen LogP contribution in [0.15, 0.2) is 17.0 Å². The van der Waals surface area contributed by atoms with Crippen molar-refractivity contribution >= 4 is 22.4 Å². The van der Waals surface area contributed by atoms with E-state index in [1.54, 1.807) is 7.05 Å². The average molecular weight is 327 g/mol. The second kappa shape index (κ2) is 8.41. The topological polar surface area (TPSA) is 67.4 Å². The molecule has 0 amide bonds. The van der Waals surface area contributed by atoms with Gasteiger partial charge in [0, 0.05) is 12.1 Å². The van der Waals surface area contributed by atoms with Gasteiger partial charge in [-0.3, -0.25) is 0 Å². The smallest absolute Gasteiger partial charge is 0.240 e. The number of sulfonamides is 1. The van der Waals surface area contributed by atoms with Crippen molar-refractivity contribution in [1.29, 1.82) is 0 Å². The van der Waals surface area contributed by atoms with Crippen LogP contribution in [0.2, 0.25) is 0 Å². The first-order valence-electron chi connectivity index (χ1n) is 5.91. The van der Waals surface area contributed by atoms with E-state index in [4.69, 9.17) is 4.74 Å². The van der Waals surface area contributed by atoms with Crippen LogP contribution in [0.5, 0.6) is 5.75 Å². The van der Waals surface area contributed by atoms with Crippen LogP contribution in [0.3, 0.4) is 0 Å². The average Bonchev–Trinajstić information content (AvgIpc) is 2.37. The van der Waals surface area contributed by atoms with Gasteiger partial charge in [-0.05, 0) is 39.1 Å². The zero-order chi connectivity index (χ0) is 14.5. The molecular formula is C12H20ClFN2O3S. The van der Waals surface area contributed by atoms with Crippen molar-refractivity contribution in [3.05, 3.63) is 23.5 Å². The fourth-order valence-corrected chi connectivity index (χ4v) is 2.95. The van der Waals surface area contributed by atoms with Crippen LogP contribution in [-0.2, 0) is 10.0 Å². The molecule has 0 aliphatic heterocycles. The molecule has 8 heteroatoms. The second-order valence-electron chi connectivity index (χ2n) is 4.06. The van der Waals surface area contributed by atoms with Gasteiger partial charge < -0.3 is 10.1 Å². The SMILES string of the molecule is CNCCCNS(=O)(=O)c1ccc(OC)c(F)c1C.Cl. The predicted molar refractivity (Wildman–Crippen MR) is 78.7 cm³/mol. The van der Waals surface area contributed by atoms with Gasteiger partial charge in [-0.1, -0.05) is 0 Å². The Balaban J connectivity index is 0.00000361. The zero-order valence-electron chi connectivity index (χ0n) is 11.7. The summed E-state index contributed by atoms with van der Waals surface area (Å²) in [4.78, 5) is -0.0599. The minimum absolute atomic E-state index is 0. The summed E-state index contributed by atoms with van der Waals surface area (Å²) in [5.41, 5.74) is 0.0560. The molecule has 0 atom stereocenters. The minimum Gasteiger partial charge on any atom is -0.494 e. The second-order valence-corrected chi connectivity index (χ2v) is 5.80. The Morgan fingerprint density at radius 1 is 1.30 bits per heavy atom. The molecule has 0 spiro atoms. The summed E-state index contributed by atoms with van der Waals surface area (Å²) >= 11 is 0. The van der Waals surface area contributed by atoms with Gasteiger partial charge in [0.05, 0.1) is 12.0 Å². The van der Waals surface area contributed by atoms with E-state index < -0.39 is 15.8 Å². The molecule has 2 N–H and O–H groups in total. The molecule has 0 bridgehead atoms. The highest BCUT2D eigenvalue weighted by molar-refractivity contribution is 7.89. The molecule has 116 valence electrons. The lowest BCUT2D eigenvalue weighted by Gasteiger charge is -2.11.